The molecule has 4 heterocycles. The second-order valence-corrected chi connectivity index (χ2v) is 19.5. The summed E-state index contributed by atoms with van der Waals surface area (Å²) in [6, 6.07) is 63.1. The topological polar surface area (TPSA) is 26.2 Å². The highest BCUT2D eigenvalue weighted by Gasteiger charge is 2.19. The number of hydrogen-bond donors (Lipinski definition) is 0. The fraction of sp³-hybridized carbons (Fsp3) is 0.188. The van der Waals surface area contributed by atoms with Gasteiger partial charge in [0, 0.05) is 85.1 Å². The van der Waals surface area contributed by atoms with Crippen molar-refractivity contribution in [3.8, 4) is 56.2 Å². The van der Waals surface area contributed by atoms with E-state index in [1.165, 1.54) is 90.1 Å². The molecule has 0 aliphatic rings. The van der Waals surface area contributed by atoms with Crippen molar-refractivity contribution < 1.29 is 0 Å². The third kappa shape index (κ3) is 8.17. The fourth-order valence-corrected chi connectivity index (χ4v) is 10.9. The average molecular weight is 917 g/mol. The number of rotatable bonds is 11. The fourth-order valence-electron chi connectivity index (χ4n) is 10.9. The zero-order chi connectivity index (χ0) is 49.1. The van der Waals surface area contributed by atoms with Gasteiger partial charge in [0.15, 0.2) is 0 Å². The number of nitrogens with zero attached hydrogens (tertiary/aromatic N) is 6. The Morgan fingerprint density at radius 1 is 0.229 bits per heavy atom. The zero-order valence-corrected chi connectivity index (χ0v) is 42.8. The maximum Gasteiger partial charge on any atom is 0.0509 e. The largest absolute Gasteiger partial charge is 0.348 e. The van der Waals surface area contributed by atoms with Gasteiger partial charge in [-0.05, 0) is 208 Å². The lowest BCUT2D eigenvalue weighted by Crippen LogP contribution is -2.10. The molecule has 350 valence electrons. The smallest absolute Gasteiger partial charge is 0.0509 e. The summed E-state index contributed by atoms with van der Waals surface area (Å²) >= 11 is 0. The monoisotopic (exact) mass is 917 g/mol. The first-order chi connectivity index (χ1) is 33.7. The first-order valence-corrected chi connectivity index (χ1v) is 24.4. The molecule has 6 nitrogen and oxygen atoms in total. The first-order valence-electron chi connectivity index (χ1n) is 24.4. The molecule has 0 saturated heterocycles. The molecular weight excluding hydrogens is 853 g/mol. The Hall–Kier alpha value is -7.96. The lowest BCUT2D eigenvalue weighted by Gasteiger charge is -2.27. The van der Waals surface area contributed by atoms with E-state index in [1.54, 1.807) is 0 Å². The van der Waals surface area contributed by atoms with Gasteiger partial charge in [-0.15, -0.1) is 0 Å². The maximum atomic E-state index is 2.36. The molecular formula is C64H64N6. The van der Waals surface area contributed by atoms with E-state index < -0.39 is 0 Å². The van der Waals surface area contributed by atoms with E-state index >= 15 is 0 Å². The van der Waals surface area contributed by atoms with Gasteiger partial charge in [-0.2, -0.15) is 0 Å². The summed E-state index contributed by atoms with van der Waals surface area (Å²) in [4.78, 5) is 4.73. The predicted molar refractivity (Wildman–Crippen MR) is 297 cm³/mol. The summed E-state index contributed by atoms with van der Waals surface area (Å²) in [5, 5.41) is 0. The van der Waals surface area contributed by atoms with Crippen LogP contribution in [0.1, 0.15) is 45.0 Å². The number of benzene rings is 6. The summed E-state index contributed by atoms with van der Waals surface area (Å²) in [7, 11) is 8.60. The lowest BCUT2D eigenvalue weighted by molar-refractivity contribution is 0.889. The Labute approximate surface area is 415 Å². The van der Waals surface area contributed by atoms with E-state index in [9.17, 15) is 0 Å². The van der Waals surface area contributed by atoms with Gasteiger partial charge in [0.2, 0.25) is 0 Å². The summed E-state index contributed by atoms with van der Waals surface area (Å²) in [5.41, 5.74) is 28.9. The molecule has 0 amide bonds. The first kappa shape index (κ1) is 45.8. The van der Waals surface area contributed by atoms with Crippen molar-refractivity contribution >= 4 is 34.1 Å². The molecule has 0 atom stereocenters. The number of anilines is 6. The van der Waals surface area contributed by atoms with Crippen LogP contribution in [0.3, 0.4) is 0 Å². The second-order valence-electron chi connectivity index (χ2n) is 19.5. The Morgan fingerprint density at radius 2 is 0.386 bits per heavy atom. The standard InChI is InChI=1S/C64H64N6/c1-41-37-45(5)65(9)61(41)51-17-29-57(30-18-51)69(58-31-19-52(20-32-58)62-42(2)38-46(6)66(62)10)55-25-13-49(14-26-55)50-15-27-56(28-16-50)70(59-33-21-53(22-34-59)63-43(3)39-47(7)67(63)11)60-35-23-54(24-36-60)64-44(4)40-48(8)68(64)12/h13-40H,1-12H3. The molecule has 70 heavy (non-hydrogen) atoms. The van der Waals surface area contributed by atoms with Crippen LogP contribution in [0.15, 0.2) is 170 Å². The van der Waals surface area contributed by atoms with E-state index in [1.807, 2.05) is 0 Å². The van der Waals surface area contributed by atoms with Crippen LogP contribution in [0.25, 0.3) is 56.2 Å². The number of hydrogen-bond acceptors (Lipinski definition) is 2. The summed E-state index contributed by atoms with van der Waals surface area (Å²) in [6.45, 7) is 17.5. The number of aryl methyl sites for hydroxylation is 8. The Balaban J connectivity index is 0.985. The summed E-state index contributed by atoms with van der Waals surface area (Å²) < 4.78 is 9.14. The van der Waals surface area contributed by atoms with Crippen LogP contribution in [0, 0.1) is 55.4 Å². The van der Waals surface area contributed by atoms with Gasteiger partial charge < -0.3 is 28.1 Å². The van der Waals surface area contributed by atoms with Crippen molar-refractivity contribution in [2.75, 3.05) is 9.80 Å². The Morgan fingerprint density at radius 3 is 0.529 bits per heavy atom. The molecule has 0 radical (unpaired) electrons. The molecule has 0 unspecified atom stereocenters. The molecule has 0 aliphatic carbocycles. The normalized spacial score (nSPS) is 11.4. The summed E-state index contributed by atoms with van der Waals surface area (Å²) in [6.07, 6.45) is 0. The third-order valence-electron chi connectivity index (χ3n) is 14.8. The molecule has 10 aromatic rings. The van der Waals surface area contributed by atoms with Crippen molar-refractivity contribution in [1.29, 1.82) is 0 Å². The van der Waals surface area contributed by atoms with Crippen LogP contribution < -0.4 is 9.80 Å². The molecule has 0 bridgehead atoms. The Kier molecular flexibility index (Phi) is 11.9. The molecule has 6 heteroatoms. The highest BCUT2D eigenvalue weighted by atomic mass is 15.1. The quantitative estimate of drug-likeness (QED) is 0.129. The zero-order valence-electron chi connectivity index (χ0n) is 42.8. The van der Waals surface area contributed by atoms with Gasteiger partial charge in [-0.3, -0.25) is 0 Å². The lowest BCUT2D eigenvalue weighted by atomic mass is 10.0. The third-order valence-corrected chi connectivity index (χ3v) is 14.8. The molecule has 0 fully saturated rings. The van der Waals surface area contributed by atoms with Gasteiger partial charge in [0.05, 0.1) is 22.8 Å². The van der Waals surface area contributed by atoms with E-state index in [-0.39, 0.29) is 0 Å². The SMILES string of the molecule is Cc1cc(C)n(C)c1-c1ccc(N(c2ccc(-c3ccc(N(c4ccc(-c5c(C)cc(C)n5C)cc4)c4ccc(-c5c(C)cc(C)n5C)cc4)cc3)cc2)c2ccc(-c3c(C)cc(C)n3C)cc2)cc1. The molecule has 0 aliphatic heterocycles. The molecule has 6 aromatic carbocycles. The van der Waals surface area contributed by atoms with Crippen LogP contribution in [0.4, 0.5) is 34.1 Å². The van der Waals surface area contributed by atoms with Gasteiger partial charge >= 0.3 is 0 Å². The minimum atomic E-state index is 1.09. The van der Waals surface area contributed by atoms with Crippen molar-refractivity contribution in [2.45, 2.75) is 55.4 Å². The number of aromatic nitrogens is 4. The highest BCUT2D eigenvalue weighted by molar-refractivity contribution is 5.84. The Bertz CT molecular complexity index is 3070. The van der Waals surface area contributed by atoms with Crippen LogP contribution in [0.2, 0.25) is 0 Å². The van der Waals surface area contributed by atoms with Crippen molar-refractivity contribution in [2.24, 2.45) is 28.2 Å². The van der Waals surface area contributed by atoms with Gasteiger partial charge in [-0.1, -0.05) is 72.8 Å². The molecule has 4 aromatic heterocycles. The van der Waals surface area contributed by atoms with E-state index in [4.69, 9.17) is 0 Å². The van der Waals surface area contributed by atoms with Crippen LogP contribution in [-0.4, -0.2) is 18.3 Å². The minimum absolute atomic E-state index is 1.09. The minimum Gasteiger partial charge on any atom is -0.348 e. The van der Waals surface area contributed by atoms with E-state index in [0.29, 0.717) is 0 Å². The van der Waals surface area contributed by atoms with Gasteiger partial charge in [0.25, 0.3) is 0 Å². The van der Waals surface area contributed by atoms with Gasteiger partial charge in [0.1, 0.15) is 0 Å². The van der Waals surface area contributed by atoms with Crippen molar-refractivity contribution in [3.63, 3.8) is 0 Å². The van der Waals surface area contributed by atoms with Crippen LogP contribution in [-0.2, 0) is 28.2 Å². The van der Waals surface area contributed by atoms with Crippen LogP contribution in [0.5, 0.6) is 0 Å². The second kappa shape index (κ2) is 18.2. The molecule has 10 rings (SSSR count). The molecule has 0 saturated carbocycles. The highest BCUT2D eigenvalue weighted by Crippen LogP contribution is 2.41. The van der Waals surface area contributed by atoms with Gasteiger partial charge in [-0.25, -0.2) is 0 Å². The molecule has 0 N–H and O–H groups in total. The molecule has 0 spiro atoms. The summed E-state index contributed by atoms with van der Waals surface area (Å²) in [5.74, 6) is 0. The average Bonchev–Trinajstić information content (AvgIpc) is 3.98. The van der Waals surface area contributed by atoms with E-state index in [2.05, 4.69) is 282 Å². The van der Waals surface area contributed by atoms with Crippen molar-refractivity contribution in [1.82, 2.24) is 18.3 Å². The van der Waals surface area contributed by atoms with Crippen molar-refractivity contribution in [3.05, 3.63) is 215 Å². The maximum absolute atomic E-state index is 2.36. The predicted octanol–water partition coefficient (Wildman–Crippen LogP) is 16.8. The van der Waals surface area contributed by atoms with E-state index in [0.717, 1.165) is 45.3 Å². The van der Waals surface area contributed by atoms with Crippen LogP contribution >= 0.6 is 0 Å².